The number of fused-ring (bicyclic) bond motifs is 1. The Kier molecular flexibility index (Phi) is 5.17. The van der Waals surface area contributed by atoms with Crippen LogP contribution in [0.1, 0.15) is 13.8 Å². The fourth-order valence-corrected chi connectivity index (χ4v) is 4.95. The second-order valence-electron chi connectivity index (χ2n) is 6.56. The summed E-state index contributed by atoms with van der Waals surface area (Å²) in [5.41, 5.74) is 2.46. The second-order valence-corrected chi connectivity index (χ2v) is 8.50. The first-order chi connectivity index (χ1) is 14.1. The van der Waals surface area contributed by atoms with E-state index in [4.69, 9.17) is 4.98 Å². The van der Waals surface area contributed by atoms with Gasteiger partial charge in [-0.3, -0.25) is 4.57 Å². The van der Waals surface area contributed by atoms with Crippen LogP contribution in [0.3, 0.4) is 0 Å². The predicted molar refractivity (Wildman–Crippen MR) is 114 cm³/mol. The van der Waals surface area contributed by atoms with Crippen molar-refractivity contribution >= 4 is 21.1 Å². The molecule has 148 valence electrons. The number of nitrogens with zero attached hydrogens (tertiary/aromatic N) is 4. The smallest absolute Gasteiger partial charge is 0.243 e. The van der Waals surface area contributed by atoms with Gasteiger partial charge in [0.1, 0.15) is 11.6 Å². The van der Waals surface area contributed by atoms with Gasteiger partial charge in [-0.1, -0.05) is 44.2 Å². The van der Waals surface area contributed by atoms with Crippen molar-refractivity contribution in [1.29, 1.82) is 0 Å². The SMILES string of the molecule is CCN(CC)S(=O)(=O)c1cccc(-c2nc3ccccc3n2-c2ccccn2)c1. The topological polar surface area (TPSA) is 68.1 Å². The molecule has 0 aliphatic carbocycles. The van der Waals surface area contributed by atoms with Crippen LogP contribution in [0.5, 0.6) is 0 Å². The fraction of sp³-hybridized carbons (Fsp3) is 0.182. The zero-order valence-electron chi connectivity index (χ0n) is 16.4. The van der Waals surface area contributed by atoms with Gasteiger partial charge in [0.2, 0.25) is 10.0 Å². The molecule has 0 radical (unpaired) electrons. The minimum Gasteiger partial charge on any atom is -0.276 e. The summed E-state index contributed by atoms with van der Waals surface area (Å²) in [5.74, 6) is 1.38. The maximum atomic E-state index is 13.0. The molecule has 29 heavy (non-hydrogen) atoms. The number of sulfonamides is 1. The van der Waals surface area contributed by atoms with E-state index in [1.807, 2.05) is 66.9 Å². The lowest BCUT2D eigenvalue weighted by Crippen LogP contribution is -2.30. The summed E-state index contributed by atoms with van der Waals surface area (Å²) in [6, 6.07) is 20.5. The third kappa shape index (κ3) is 3.43. The number of rotatable bonds is 6. The summed E-state index contributed by atoms with van der Waals surface area (Å²) in [7, 11) is -3.56. The van der Waals surface area contributed by atoms with E-state index in [9.17, 15) is 8.42 Å². The highest BCUT2D eigenvalue weighted by molar-refractivity contribution is 7.89. The summed E-state index contributed by atoms with van der Waals surface area (Å²) >= 11 is 0. The number of para-hydroxylation sites is 2. The lowest BCUT2D eigenvalue weighted by atomic mass is 10.2. The highest BCUT2D eigenvalue weighted by Gasteiger charge is 2.23. The third-order valence-electron chi connectivity index (χ3n) is 4.87. The van der Waals surface area contributed by atoms with E-state index >= 15 is 0 Å². The molecule has 2 aromatic heterocycles. The van der Waals surface area contributed by atoms with Crippen LogP contribution in [-0.4, -0.2) is 40.3 Å². The van der Waals surface area contributed by atoms with E-state index < -0.39 is 10.0 Å². The molecule has 0 saturated heterocycles. The molecule has 0 aliphatic heterocycles. The molecule has 4 rings (SSSR count). The third-order valence-corrected chi connectivity index (χ3v) is 6.92. The normalized spacial score (nSPS) is 12.0. The summed E-state index contributed by atoms with van der Waals surface area (Å²) in [6.07, 6.45) is 1.73. The van der Waals surface area contributed by atoms with Crippen LogP contribution in [0.15, 0.2) is 77.8 Å². The lowest BCUT2D eigenvalue weighted by Gasteiger charge is -2.18. The van der Waals surface area contributed by atoms with Gasteiger partial charge in [0.05, 0.1) is 15.9 Å². The zero-order valence-corrected chi connectivity index (χ0v) is 17.2. The first kappa shape index (κ1) is 19.3. The first-order valence-corrected chi connectivity index (χ1v) is 11.0. The second kappa shape index (κ2) is 7.77. The maximum absolute atomic E-state index is 13.0. The number of imidazole rings is 1. The van der Waals surface area contributed by atoms with Crippen LogP contribution in [0, 0.1) is 0 Å². The standard InChI is InChI=1S/C22H22N4O2S/c1-3-25(4-2)29(27,28)18-11-9-10-17(16-18)22-24-19-12-5-6-13-20(19)26(22)21-14-7-8-15-23-21/h5-16H,3-4H2,1-2H3. The fourth-order valence-electron chi connectivity index (χ4n) is 3.45. The molecule has 0 saturated carbocycles. The van der Waals surface area contributed by atoms with Gasteiger partial charge < -0.3 is 0 Å². The zero-order chi connectivity index (χ0) is 20.4. The van der Waals surface area contributed by atoms with Gasteiger partial charge in [-0.05, 0) is 36.4 Å². The molecular weight excluding hydrogens is 384 g/mol. The Hall–Kier alpha value is -3.03. The highest BCUT2D eigenvalue weighted by Crippen LogP contribution is 2.29. The monoisotopic (exact) mass is 406 g/mol. The van der Waals surface area contributed by atoms with Crippen molar-refractivity contribution in [2.24, 2.45) is 0 Å². The van der Waals surface area contributed by atoms with E-state index in [0.29, 0.717) is 18.9 Å². The molecule has 0 bridgehead atoms. The Morgan fingerprint density at radius 1 is 0.931 bits per heavy atom. The molecule has 0 spiro atoms. The van der Waals surface area contributed by atoms with Crippen LogP contribution >= 0.6 is 0 Å². The molecule has 7 heteroatoms. The van der Waals surface area contributed by atoms with Gasteiger partial charge in [0.15, 0.2) is 0 Å². The summed E-state index contributed by atoms with van der Waals surface area (Å²) in [4.78, 5) is 9.52. The minimum atomic E-state index is -3.56. The molecule has 0 unspecified atom stereocenters. The largest absolute Gasteiger partial charge is 0.276 e. The van der Waals surface area contributed by atoms with Gasteiger partial charge >= 0.3 is 0 Å². The van der Waals surface area contributed by atoms with Crippen LogP contribution in [-0.2, 0) is 10.0 Å². The van der Waals surface area contributed by atoms with Crippen molar-refractivity contribution < 1.29 is 8.42 Å². The average Bonchev–Trinajstić information content (AvgIpc) is 3.15. The predicted octanol–water partition coefficient (Wildman–Crippen LogP) is 4.12. The van der Waals surface area contributed by atoms with Gasteiger partial charge in [0.25, 0.3) is 0 Å². The molecule has 2 aromatic carbocycles. The molecule has 0 fully saturated rings. The summed E-state index contributed by atoms with van der Waals surface area (Å²) in [5, 5.41) is 0. The van der Waals surface area contributed by atoms with E-state index in [1.165, 1.54) is 4.31 Å². The van der Waals surface area contributed by atoms with Crippen LogP contribution in [0.2, 0.25) is 0 Å². The molecule has 6 nitrogen and oxygen atoms in total. The number of hydrogen-bond donors (Lipinski definition) is 0. The molecular formula is C22H22N4O2S. The lowest BCUT2D eigenvalue weighted by molar-refractivity contribution is 0.445. The van der Waals surface area contributed by atoms with E-state index in [-0.39, 0.29) is 4.90 Å². The van der Waals surface area contributed by atoms with E-state index in [1.54, 1.807) is 24.4 Å². The first-order valence-electron chi connectivity index (χ1n) is 9.55. The number of hydrogen-bond acceptors (Lipinski definition) is 4. The van der Waals surface area contributed by atoms with Gasteiger partial charge in [-0.15, -0.1) is 0 Å². The van der Waals surface area contributed by atoms with Crippen molar-refractivity contribution in [3.8, 4) is 17.2 Å². The van der Waals surface area contributed by atoms with Gasteiger partial charge in [-0.25, -0.2) is 18.4 Å². The Balaban J connectivity index is 1.93. The van der Waals surface area contributed by atoms with Gasteiger partial charge in [0, 0.05) is 24.8 Å². The number of aromatic nitrogens is 3. The van der Waals surface area contributed by atoms with Crippen molar-refractivity contribution in [3.63, 3.8) is 0 Å². The molecule has 2 heterocycles. The minimum absolute atomic E-state index is 0.262. The molecule has 0 N–H and O–H groups in total. The van der Waals surface area contributed by atoms with E-state index in [0.717, 1.165) is 22.4 Å². The quantitative estimate of drug-likeness (QED) is 0.483. The van der Waals surface area contributed by atoms with Crippen LogP contribution in [0.25, 0.3) is 28.2 Å². The summed E-state index contributed by atoms with van der Waals surface area (Å²) in [6.45, 7) is 4.53. The van der Waals surface area contributed by atoms with Crippen molar-refractivity contribution in [2.45, 2.75) is 18.7 Å². The molecule has 0 atom stereocenters. The molecule has 0 amide bonds. The Morgan fingerprint density at radius 2 is 1.69 bits per heavy atom. The van der Waals surface area contributed by atoms with Gasteiger partial charge in [-0.2, -0.15) is 4.31 Å². The number of pyridine rings is 1. The van der Waals surface area contributed by atoms with E-state index in [2.05, 4.69) is 4.98 Å². The molecule has 0 aliphatic rings. The highest BCUT2D eigenvalue weighted by atomic mass is 32.2. The van der Waals surface area contributed by atoms with Crippen LogP contribution in [0.4, 0.5) is 0 Å². The Bertz CT molecular complexity index is 1250. The number of benzene rings is 2. The van der Waals surface area contributed by atoms with Crippen molar-refractivity contribution in [1.82, 2.24) is 18.8 Å². The maximum Gasteiger partial charge on any atom is 0.243 e. The van der Waals surface area contributed by atoms with Crippen LogP contribution < -0.4 is 0 Å². The molecule has 4 aromatic rings. The average molecular weight is 407 g/mol. The Morgan fingerprint density at radius 3 is 2.41 bits per heavy atom. The van der Waals surface area contributed by atoms with Crippen molar-refractivity contribution in [3.05, 3.63) is 72.9 Å². The van der Waals surface area contributed by atoms with Crippen molar-refractivity contribution in [2.75, 3.05) is 13.1 Å². The Labute approximate surface area is 170 Å². The summed E-state index contributed by atoms with van der Waals surface area (Å²) < 4.78 is 29.4.